The van der Waals surface area contributed by atoms with Crippen LogP contribution in [0.5, 0.6) is 0 Å². The average molecular weight is 594 g/mol. The molecule has 0 amide bonds. The molecule has 0 aliphatic heterocycles. The van der Waals surface area contributed by atoms with Gasteiger partial charge in [0.1, 0.15) is 5.58 Å². The topological polar surface area (TPSA) is 43.9 Å². The molecule has 4 aromatic heterocycles. The minimum Gasteiger partial charge on any atom is -0.438 e. The van der Waals surface area contributed by atoms with Gasteiger partial charge in [0.05, 0.1) is 26.8 Å². The van der Waals surface area contributed by atoms with Gasteiger partial charge in [-0.2, -0.15) is 4.98 Å². The summed E-state index contributed by atoms with van der Waals surface area (Å²) in [6.07, 6.45) is 0. The summed E-state index contributed by atoms with van der Waals surface area (Å²) in [5, 5.41) is 7.08. The van der Waals surface area contributed by atoms with Gasteiger partial charge < -0.3 is 8.98 Å². The zero-order valence-corrected chi connectivity index (χ0v) is 24.8. The highest BCUT2D eigenvalue weighted by molar-refractivity contribution is 7.26. The SMILES string of the molecule is c1ccc(-c2nc(-c3ccc(-n4c5ccccc5c5ccc6c7ccccc7sc6c54)cc3)nc3oc4ccccc4c23)cc1. The number of fused-ring (bicyclic) bond motifs is 10. The van der Waals surface area contributed by atoms with Gasteiger partial charge in [-0.3, -0.25) is 0 Å². The molecule has 0 saturated heterocycles. The van der Waals surface area contributed by atoms with Crippen LogP contribution in [-0.4, -0.2) is 14.5 Å². The second-order valence-corrected chi connectivity index (χ2v) is 12.4. The Hall–Kier alpha value is -5.78. The van der Waals surface area contributed by atoms with Gasteiger partial charge >= 0.3 is 0 Å². The maximum atomic E-state index is 6.27. The molecule has 4 heterocycles. The van der Waals surface area contributed by atoms with E-state index in [2.05, 4.69) is 108 Å². The van der Waals surface area contributed by atoms with Crippen molar-refractivity contribution in [2.75, 3.05) is 0 Å². The van der Waals surface area contributed by atoms with Crippen molar-refractivity contribution in [2.45, 2.75) is 0 Å². The van der Waals surface area contributed by atoms with Crippen LogP contribution in [-0.2, 0) is 0 Å². The number of thiophene rings is 1. The fourth-order valence-corrected chi connectivity index (χ4v) is 8.06. The summed E-state index contributed by atoms with van der Waals surface area (Å²) in [5.41, 5.74) is 7.79. The first kappa shape index (κ1) is 24.6. The Balaban J connectivity index is 1.19. The van der Waals surface area contributed by atoms with Crippen LogP contribution in [0, 0.1) is 0 Å². The van der Waals surface area contributed by atoms with E-state index in [-0.39, 0.29) is 0 Å². The Morgan fingerprint density at radius 3 is 2.11 bits per heavy atom. The fraction of sp³-hybridized carbons (Fsp3) is 0. The van der Waals surface area contributed by atoms with Gasteiger partial charge in [0.25, 0.3) is 0 Å². The predicted molar refractivity (Wildman–Crippen MR) is 187 cm³/mol. The summed E-state index contributed by atoms with van der Waals surface area (Å²) in [6, 6.07) is 48.9. The quantitative estimate of drug-likeness (QED) is 0.205. The lowest BCUT2D eigenvalue weighted by atomic mass is 10.1. The van der Waals surface area contributed by atoms with Crippen LogP contribution < -0.4 is 0 Å². The smallest absolute Gasteiger partial charge is 0.231 e. The number of para-hydroxylation sites is 2. The van der Waals surface area contributed by atoms with Crippen LogP contribution in [0.2, 0.25) is 0 Å². The molecule has 0 spiro atoms. The Bertz CT molecular complexity index is 2750. The van der Waals surface area contributed by atoms with Crippen molar-refractivity contribution < 1.29 is 4.42 Å². The first-order chi connectivity index (χ1) is 22.3. The Labute approximate surface area is 261 Å². The van der Waals surface area contributed by atoms with E-state index in [9.17, 15) is 0 Å². The third kappa shape index (κ3) is 3.59. The number of nitrogens with zero attached hydrogens (tertiary/aromatic N) is 3. The van der Waals surface area contributed by atoms with Gasteiger partial charge in [0.2, 0.25) is 5.71 Å². The summed E-state index contributed by atoms with van der Waals surface area (Å²) >= 11 is 1.87. The van der Waals surface area contributed by atoms with Gasteiger partial charge in [0, 0.05) is 48.4 Å². The van der Waals surface area contributed by atoms with Crippen molar-refractivity contribution >= 4 is 75.4 Å². The lowest BCUT2D eigenvalue weighted by Crippen LogP contribution is -1.96. The van der Waals surface area contributed by atoms with Crippen LogP contribution in [0.1, 0.15) is 0 Å². The summed E-state index contributed by atoms with van der Waals surface area (Å²) in [5.74, 6) is 0.640. The molecular weight excluding hydrogens is 571 g/mol. The first-order valence-electron chi connectivity index (χ1n) is 15.0. The molecule has 0 bridgehead atoms. The molecule has 6 aromatic carbocycles. The summed E-state index contributed by atoms with van der Waals surface area (Å²) in [6.45, 7) is 0. The largest absolute Gasteiger partial charge is 0.438 e. The van der Waals surface area contributed by atoms with E-state index in [0.29, 0.717) is 11.5 Å². The molecule has 0 aliphatic rings. The lowest BCUT2D eigenvalue weighted by molar-refractivity contribution is 0.653. The van der Waals surface area contributed by atoms with Gasteiger partial charge in [0.15, 0.2) is 5.82 Å². The molecule has 0 aliphatic carbocycles. The molecule has 5 heteroatoms. The highest BCUT2D eigenvalue weighted by Gasteiger charge is 2.20. The Morgan fingerprint density at radius 1 is 0.533 bits per heavy atom. The van der Waals surface area contributed by atoms with Crippen LogP contribution in [0.4, 0.5) is 0 Å². The van der Waals surface area contributed by atoms with Gasteiger partial charge in [-0.05, 0) is 42.5 Å². The van der Waals surface area contributed by atoms with E-state index in [0.717, 1.165) is 38.9 Å². The van der Waals surface area contributed by atoms with E-state index >= 15 is 0 Å². The van der Waals surface area contributed by atoms with Gasteiger partial charge in [-0.15, -0.1) is 11.3 Å². The van der Waals surface area contributed by atoms with E-state index in [1.165, 1.54) is 42.0 Å². The molecule has 0 unspecified atom stereocenters. The normalized spacial score (nSPS) is 12.0. The van der Waals surface area contributed by atoms with Crippen molar-refractivity contribution in [3.63, 3.8) is 0 Å². The van der Waals surface area contributed by atoms with Gasteiger partial charge in [-0.25, -0.2) is 4.98 Å². The summed E-state index contributed by atoms with van der Waals surface area (Å²) < 4.78 is 11.3. The number of rotatable bonds is 3. The third-order valence-corrected chi connectivity index (χ3v) is 10.0. The molecule has 0 atom stereocenters. The standard InChI is InChI=1S/C40H23N3OS/c1-2-10-24(11-3-1)36-35-31-14-5-8-16-33(31)44-40(35)42-39(41-36)25-18-20-26(21-19-25)43-32-15-7-4-12-27(32)29-22-23-30-28-13-6-9-17-34(28)45-38(30)37(29)43/h1-23H. The average Bonchev–Trinajstić information content (AvgIpc) is 3.78. The molecule has 0 radical (unpaired) electrons. The van der Waals surface area contributed by atoms with Crippen molar-refractivity contribution in [3.05, 3.63) is 140 Å². The molecule has 10 rings (SSSR count). The van der Waals surface area contributed by atoms with E-state index in [1.54, 1.807) is 0 Å². The zero-order chi connectivity index (χ0) is 29.5. The summed E-state index contributed by atoms with van der Waals surface area (Å²) in [4.78, 5) is 10.1. The first-order valence-corrected chi connectivity index (χ1v) is 15.8. The highest BCUT2D eigenvalue weighted by atomic mass is 32.1. The maximum Gasteiger partial charge on any atom is 0.231 e. The minimum absolute atomic E-state index is 0.596. The number of hydrogen-bond donors (Lipinski definition) is 0. The monoisotopic (exact) mass is 593 g/mol. The second kappa shape index (κ2) is 9.36. The van der Waals surface area contributed by atoms with Crippen LogP contribution in [0.15, 0.2) is 144 Å². The zero-order valence-electron chi connectivity index (χ0n) is 23.9. The van der Waals surface area contributed by atoms with Crippen molar-refractivity contribution in [1.82, 2.24) is 14.5 Å². The van der Waals surface area contributed by atoms with E-state index in [4.69, 9.17) is 14.4 Å². The Morgan fingerprint density at radius 2 is 1.24 bits per heavy atom. The van der Waals surface area contributed by atoms with Crippen molar-refractivity contribution in [2.24, 2.45) is 0 Å². The Kier molecular flexibility index (Phi) is 5.12. The van der Waals surface area contributed by atoms with E-state index < -0.39 is 0 Å². The number of hydrogen-bond acceptors (Lipinski definition) is 4. The molecule has 0 N–H and O–H groups in total. The molecule has 10 aromatic rings. The molecule has 4 nitrogen and oxygen atoms in total. The third-order valence-electron chi connectivity index (χ3n) is 8.85. The van der Waals surface area contributed by atoms with E-state index in [1.807, 2.05) is 47.7 Å². The van der Waals surface area contributed by atoms with Crippen LogP contribution in [0.3, 0.4) is 0 Å². The van der Waals surface area contributed by atoms with Crippen molar-refractivity contribution in [3.8, 4) is 28.3 Å². The molecule has 45 heavy (non-hydrogen) atoms. The molecular formula is C40H23N3OS. The van der Waals surface area contributed by atoms with Crippen LogP contribution >= 0.6 is 11.3 Å². The second-order valence-electron chi connectivity index (χ2n) is 11.4. The number of aromatic nitrogens is 3. The number of benzene rings is 6. The van der Waals surface area contributed by atoms with Crippen molar-refractivity contribution in [1.29, 1.82) is 0 Å². The summed E-state index contributed by atoms with van der Waals surface area (Å²) in [7, 11) is 0. The maximum absolute atomic E-state index is 6.27. The molecule has 210 valence electrons. The highest BCUT2D eigenvalue weighted by Crippen LogP contribution is 2.43. The molecule has 0 saturated carbocycles. The van der Waals surface area contributed by atoms with Crippen LogP contribution in [0.25, 0.3) is 92.4 Å². The fourth-order valence-electron chi connectivity index (χ4n) is 6.82. The lowest BCUT2D eigenvalue weighted by Gasteiger charge is -2.10. The predicted octanol–water partition coefficient (Wildman–Crippen LogP) is 11.2. The van der Waals surface area contributed by atoms with Gasteiger partial charge in [-0.1, -0.05) is 97.1 Å². The minimum atomic E-state index is 0.596. The number of furan rings is 1. The molecule has 0 fully saturated rings.